The second kappa shape index (κ2) is 9.77. The van der Waals surface area contributed by atoms with Gasteiger partial charge in [0.15, 0.2) is 6.10 Å². The van der Waals surface area contributed by atoms with Crippen molar-refractivity contribution in [3.63, 3.8) is 0 Å². The number of amides is 1. The van der Waals surface area contributed by atoms with Crippen molar-refractivity contribution in [2.45, 2.75) is 38.5 Å². The summed E-state index contributed by atoms with van der Waals surface area (Å²) in [5.74, 6) is -2.87. The Kier molecular flexibility index (Phi) is 6.93. The Hall–Kier alpha value is -3.27. The Morgan fingerprint density at radius 3 is 2.23 bits per heavy atom. The van der Waals surface area contributed by atoms with Crippen LogP contribution >= 0.6 is 0 Å². The fourth-order valence-corrected chi connectivity index (χ4v) is 4.39. The Bertz CT molecular complexity index is 1040. The molecule has 0 aromatic heterocycles. The maximum atomic E-state index is 13.6. The first kappa shape index (κ1) is 24.8. The van der Waals surface area contributed by atoms with E-state index in [-0.39, 0.29) is 11.7 Å². The molecule has 2 aromatic rings. The molecule has 2 aliphatic heterocycles. The number of ether oxygens (including phenoxy) is 3. The van der Waals surface area contributed by atoms with Crippen molar-refractivity contribution in [3.8, 4) is 5.75 Å². The Labute approximate surface area is 201 Å². The fourth-order valence-electron chi connectivity index (χ4n) is 4.39. The summed E-state index contributed by atoms with van der Waals surface area (Å²) in [6.07, 6.45) is -5.41. The number of hydrogen-bond acceptors (Lipinski definition) is 6. The van der Waals surface area contributed by atoms with Gasteiger partial charge in [-0.25, -0.2) is 4.79 Å². The second-order valence-corrected chi connectivity index (χ2v) is 9.01. The summed E-state index contributed by atoms with van der Waals surface area (Å²) in [6.45, 7) is 5.05. The maximum absolute atomic E-state index is 13.6. The zero-order valence-electron chi connectivity index (χ0n) is 19.5. The third kappa shape index (κ3) is 6.25. The monoisotopic (exact) mass is 492 g/mol. The number of halogens is 3. The molecule has 7 nitrogen and oxygen atoms in total. The lowest BCUT2D eigenvalue weighted by Gasteiger charge is -2.38. The van der Waals surface area contributed by atoms with Gasteiger partial charge in [0, 0.05) is 45.7 Å². The van der Waals surface area contributed by atoms with Gasteiger partial charge >= 0.3 is 12.3 Å². The van der Waals surface area contributed by atoms with E-state index >= 15 is 0 Å². The van der Waals surface area contributed by atoms with Crippen molar-refractivity contribution < 1.29 is 37.0 Å². The number of carbonyl (C=O) groups excluding carboxylic acids is 2. The summed E-state index contributed by atoms with van der Waals surface area (Å²) in [5.41, 5.74) is 1.64. The summed E-state index contributed by atoms with van der Waals surface area (Å²) < 4.78 is 52.2. The Morgan fingerprint density at radius 1 is 1.06 bits per heavy atom. The normalized spacial score (nSPS) is 20.9. The number of hydrogen-bond donors (Lipinski definition) is 0. The molecule has 10 heteroatoms. The minimum Gasteiger partial charge on any atom is -0.432 e. The number of nitrogens with zero attached hydrogens (tertiary/aromatic N) is 2. The average Bonchev–Trinajstić information content (AvgIpc) is 3.09. The van der Waals surface area contributed by atoms with Gasteiger partial charge < -0.3 is 24.0 Å². The molecule has 0 N–H and O–H groups in total. The van der Waals surface area contributed by atoms with Crippen LogP contribution in [-0.2, 0) is 25.5 Å². The number of esters is 1. The molecule has 0 aliphatic carbocycles. The van der Waals surface area contributed by atoms with E-state index in [1.54, 1.807) is 30.9 Å². The van der Waals surface area contributed by atoms with E-state index in [0.717, 1.165) is 11.3 Å². The van der Waals surface area contributed by atoms with Gasteiger partial charge in [0.2, 0.25) is 11.7 Å². The average molecular weight is 492 g/mol. The van der Waals surface area contributed by atoms with Gasteiger partial charge in [-0.1, -0.05) is 30.3 Å². The van der Waals surface area contributed by atoms with Crippen LogP contribution in [0, 0.1) is 5.92 Å². The van der Waals surface area contributed by atoms with Crippen LogP contribution in [0.4, 0.5) is 18.9 Å². The van der Waals surface area contributed by atoms with Crippen molar-refractivity contribution in [2.75, 3.05) is 31.1 Å². The number of carbonyl (C=O) groups is 2. The van der Waals surface area contributed by atoms with Crippen LogP contribution in [0.5, 0.6) is 5.75 Å². The molecule has 2 aromatic carbocycles. The van der Waals surface area contributed by atoms with E-state index in [1.807, 2.05) is 35.2 Å². The lowest BCUT2D eigenvalue weighted by atomic mass is 9.92. The van der Waals surface area contributed by atoms with Gasteiger partial charge in [-0.15, -0.1) is 13.2 Å². The zero-order chi connectivity index (χ0) is 25.2. The highest BCUT2D eigenvalue weighted by molar-refractivity contribution is 5.88. The van der Waals surface area contributed by atoms with Crippen LogP contribution in [0.3, 0.4) is 0 Å². The number of cyclic esters (lactones) is 1. The van der Waals surface area contributed by atoms with Gasteiger partial charge in [0.1, 0.15) is 5.75 Å². The van der Waals surface area contributed by atoms with E-state index in [4.69, 9.17) is 9.47 Å². The van der Waals surface area contributed by atoms with Crippen molar-refractivity contribution in [1.82, 2.24) is 4.90 Å². The van der Waals surface area contributed by atoms with Crippen LogP contribution in [0.2, 0.25) is 0 Å². The SMILES string of the molecule is CC1(C)OC(=O)[C@@H]([C@H](Cc2ccccc2)C(=O)N2CCN(c3ccc(OC(F)(F)F)cc3)CC2)O1. The number of piperazine rings is 1. The topological polar surface area (TPSA) is 68.3 Å². The highest BCUT2D eigenvalue weighted by atomic mass is 19.4. The minimum atomic E-state index is -4.74. The van der Waals surface area contributed by atoms with Crippen LogP contribution in [-0.4, -0.2) is 61.2 Å². The molecule has 1 amide bonds. The number of benzene rings is 2. The molecule has 2 atom stereocenters. The van der Waals surface area contributed by atoms with Gasteiger partial charge in [-0.05, 0) is 36.2 Å². The van der Waals surface area contributed by atoms with Crippen LogP contribution in [0.15, 0.2) is 54.6 Å². The Balaban J connectivity index is 1.43. The van der Waals surface area contributed by atoms with Crippen LogP contribution in [0.25, 0.3) is 0 Å². The molecule has 2 aliphatic rings. The standard InChI is InChI=1S/C25H27F3N2O5/c1-24(2)34-21(23(32)35-24)20(16-17-6-4-3-5-7-17)22(31)30-14-12-29(13-15-30)18-8-10-19(11-9-18)33-25(26,27)28/h3-11,20-21H,12-16H2,1-2H3/t20-,21+/m0/s1. The first-order chi connectivity index (χ1) is 16.5. The molecule has 188 valence electrons. The lowest BCUT2D eigenvalue weighted by Crippen LogP contribution is -2.53. The van der Waals surface area contributed by atoms with E-state index < -0.39 is 30.1 Å². The first-order valence-electron chi connectivity index (χ1n) is 11.3. The van der Waals surface area contributed by atoms with Crippen molar-refractivity contribution >= 4 is 17.6 Å². The van der Waals surface area contributed by atoms with Gasteiger partial charge in [0.05, 0.1) is 5.92 Å². The quantitative estimate of drug-likeness (QED) is 0.572. The summed E-state index contributed by atoms with van der Waals surface area (Å²) in [5, 5.41) is 0. The molecule has 2 saturated heterocycles. The van der Waals surface area contributed by atoms with E-state index in [1.165, 1.54) is 12.1 Å². The number of alkyl halides is 3. The Morgan fingerprint density at radius 2 is 1.69 bits per heavy atom. The molecule has 0 bridgehead atoms. The van der Waals surface area contributed by atoms with Crippen molar-refractivity contribution in [2.24, 2.45) is 5.92 Å². The molecule has 0 radical (unpaired) electrons. The summed E-state index contributed by atoms with van der Waals surface area (Å²) in [4.78, 5) is 29.8. The molecule has 0 spiro atoms. The molecule has 0 unspecified atom stereocenters. The molecule has 0 saturated carbocycles. The molecule has 2 heterocycles. The fraction of sp³-hybridized carbons (Fsp3) is 0.440. The highest BCUT2D eigenvalue weighted by Crippen LogP contribution is 2.32. The van der Waals surface area contributed by atoms with E-state index in [9.17, 15) is 22.8 Å². The van der Waals surface area contributed by atoms with Crippen molar-refractivity contribution in [1.29, 1.82) is 0 Å². The summed E-state index contributed by atoms with van der Waals surface area (Å²) in [7, 11) is 0. The van der Waals surface area contributed by atoms with E-state index in [2.05, 4.69) is 4.74 Å². The first-order valence-corrected chi connectivity index (χ1v) is 11.3. The molecule has 35 heavy (non-hydrogen) atoms. The summed E-state index contributed by atoms with van der Waals surface area (Å²) >= 11 is 0. The zero-order valence-corrected chi connectivity index (χ0v) is 19.5. The van der Waals surface area contributed by atoms with Gasteiger partial charge in [-0.2, -0.15) is 0 Å². The number of anilines is 1. The molecular weight excluding hydrogens is 465 g/mol. The third-order valence-electron chi connectivity index (χ3n) is 6.00. The maximum Gasteiger partial charge on any atom is 0.573 e. The predicted octanol–water partition coefficient (Wildman–Crippen LogP) is 3.77. The van der Waals surface area contributed by atoms with Crippen molar-refractivity contribution in [3.05, 3.63) is 60.2 Å². The lowest BCUT2D eigenvalue weighted by molar-refractivity contribution is -0.274. The largest absolute Gasteiger partial charge is 0.573 e. The smallest absolute Gasteiger partial charge is 0.432 e. The minimum absolute atomic E-state index is 0.193. The molecule has 2 fully saturated rings. The van der Waals surface area contributed by atoms with Crippen LogP contribution in [0.1, 0.15) is 19.4 Å². The molecule has 4 rings (SSSR count). The van der Waals surface area contributed by atoms with Gasteiger partial charge in [0.25, 0.3) is 0 Å². The number of rotatable bonds is 6. The summed E-state index contributed by atoms with van der Waals surface area (Å²) in [6, 6.07) is 15.1. The highest BCUT2D eigenvalue weighted by Gasteiger charge is 2.48. The third-order valence-corrected chi connectivity index (χ3v) is 6.00. The van der Waals surface area contributed by atoms with Crippen LogP contribution < -0.4 is 9.64 Å². The predicted molar refractivity (Wildman–Crippen MR) is 121 cm³/mol. The van der Waals surface area contributed by atoms with Gasteiger partial charge in [-0.3, -0.25) is 4.79 Å². The molecular formula is C25H27F3N2O5. The van der Waals surface area contributed by atoms with E-state index in [0.29, 0.717) is 32.6 Å². The second-order valence-electron chi connectivity index (χ2n) is 9.01.